The lowest BCUT2D eigenvalue weighted by Crippen LogP contribution is -2.32. The maximum Gasteiger partial charge on any atom is 0.254 e. The Balaban J connectivity index is 1.61. The molecule has 0 saturated carbocycles. The number of aryl methyl sites for hydroxylation is 2. The third-order valence-electron chi connectivity index (χ3n) is 6.06. The Morgan fingerprint density at radius 2 is 1.77 bits per heavy atom. The van der Waals surface area contributed by atoms with Crippen molar-refractivity contribution in [2.45, 2.75) is 39.3 Å². The van der Waals surface area contributed by atoms with Crippen molar-refractivity contribution >= 4 is 5.91 Å². The van der Waals surface area contributed by atoms with Crippen LogP contribution in [0.25, 0.3) is 0 Å². The van der Waals surface area contributed by atoms with Gasteiger partial charge < -0.3 is 18.9 Å². The molecule has 1 atom stereocenters. The summed E-state index contributed by atoms with van der Waals surface area (Å²) in [6.45, 7) is 5.47. The van der Waals surface area contributed by atoms with E-state index in [1.165, 1.54) is 5.56 Å². The lowest BCUT2D eigenvalue weighted by Gasteiger charge is -2.26. The molecule has 0 bridgehead atoms. The number of hydrogen-bond donors (Lipinski definition) is 0. The fourth-order valence-corrected chi connectivity index (χ4v) is 4.30. The molecule has 3 aromatic rings. The fraction of sp³-hybridized carbons (Fsp3) is 0.360. The maximum atomic E-state index is 13.4. The number of amides is 1. The Hall–Kier alpha value is -3.28. The van der Waals surface area contributed by atoms with Gasteiger partial charge in [-0.15, -0.1) is 0 Å². The number of nitrogens with zero attached hydrogens (tertiary/aromatic N) is 3. The van der Waals surface area contributed by atoms with Crippen LogP contribution in [-0.2, 0) is 6.54 Å². The van der Waals surface area contributed by atoms with Gasteiger partial charge in [0.1, 0.15) is 17.3 Å². The van der Waals surface area contributed by atoms with Crippen molar-refractivity contribution in [2.75, 3.05) is 20.8 Å². The second-order valence-corrected chi connectivity index (χ2v) is 8.03. The molecule has 6 heteroatoms. The van der Waals surface area contributed by atoms with Crippen LogP contribution in [0, 0.1) is 13.8 Å². The summed E-state index contributed by atoms with van der Waals surface area (Å²) in [7, 11) is 3.31. The minimum Gasteiger partial charge on any atom is -0.497 e. The Kier molecular flexibility index (Phi) is 5.98. The number of hydrogen-bond acceptors (Lipinski definition) is 4. The highest BCUT2D eigenvalue weighted by molar-refractivity contribution is 5.96. The van der Waals surface area contributed by atoms with Gasteiger partial charge in [-0.2, -0.15) is 0 Å². The molecule has 0 aliphatic carbocycles. The van der Waals surface area contributed by atoms with E-state index >= 15 is 0 Å². The average Bonchev–Trinajstić information content (AvgIpc) is 3.40. The molecule has 1 aliphatic rings. The number of rotatable bonds is 6. The normalized spacial score (nSPS) is 15.9. The number of benzene rings is 2. The lowest BCUT2D eigenvalue weighted by atomic mass is 10.1. The molecule has 4 rings (SSSR count). The van der Waals surface area contributed by atoms with Gasteiger partial charge in [0.05, 0.1) is 20.3 Å². The standard InChI is InChI=1S/C25H29N3O3/c1-17-14-21(31-4)11-12-22(17)25(29)27-13-5-6-23(27)24-26-15-18(2)28(24)16-19-7-9-20(30-3)10-8-19/h7-12,14-15,23H,5-6,13,16H2,1-4H3. The summed E-state index contributed by atoms with van der Waals surface area (Å²) in [5.41, 5.74) is 3.90. The zero-order valence-electron chi connectivity index (χ0n) is 18.6. The lowest BCUT2D eigenvalue weighted by molar-refractivity contribution is 0.0727. The number of aromatic nitrogens is 2. The molecule has 0 N–H and O–H groups in total. The Bertz CT molecular complexity index is 1070. The fourth-order valence-electron chi connectivity index (χ4n) is 4.30. The van der Waals surface area contributed by atoms with Crippen LogP contribution in [0.4, 0.5) is 0 Å². The smallest absolute Gasteiger partial charge is 0.254 e. The Morgan fingerprint density at radius 3 is 2.45 bits per heavy atom. The first kappa shape index (κ1) is 21.0. The molecule has 6 nitrogen and oxygen atoms in total. The van der Waals surface area contributed by atoms with E-state index in [1.807, 2.05) is 48.4 Å². The largest absolute Gasteiger partial charge is 0.497 e. The molecule has 2 aromatic carbocycles. The molecule has 1 amide bonds. The number of methoxy groups -OCH3 is 2. The number of carbonyl (C=O) groups is 1. The van der Waals surface area contributed by atoms with E-state index in [-0.39, 0.29) is 11.9 Å². The van der Waals surface area contributed by atoms with Crippen LogP contribution in [0.15, 0.2) is 48.7 Å². The SMILES string of the molecule is COc1ccc(Cn2c(C)cnc2C2CCCN2C(=O)c2ccc(OC)cc2C)cc1. The maximum absolute atomic E-state index is 13.4. The molecule has 1 aromatic heterocycles. The van der Waals surface area contributed by atoms with Crippen LogP contribution in [0.1, 0.15) is 51.9 Å². The van der Waals surface area contributed by atoms with Gasteiger partial charge in [0, 0.05) is 30.5 Å². The predicted octanol–water partition coefficient (Wildman–Crippen LogP) is 4.54. The van der Waals surface area contributed by atoms with E-state index in [0.717, 1.165) is 53.5 Å². The van der Waals surface area contributed by atoms with E-state index in [0.29, 0.717) is 6.54 Å². The van der Waals surface area contributed by atoms with Crippen LogP contribution in [0.2, 0.25) is 0 Å². The molecular weight excluding hydrogens is 390 g/mol. The summed E-state index contributed by atoms with van der Waals surface area (Å²) < 4.78 is 12.8. The summed E-state index contributed by atoms with van der Waals surface area (Å²) in [4.78, 5) is 20.1. The average molecular weight is 420 g/mol. The Morgan fingerprint density at radius 1 is 1.06 bits per heavy atom. The van der Waals surface area contributed by atoms with E-state index in [9.17, 15) is 4.79 Å². The van der Waals surface area contributed by atoms with E-state index in [2.05, 4.69) is 23.6 Å². The molecule has 0 radical (unpaired) electrons. The van der Waals surface area contributed by atoms with Crippen molar-refractivity contribution in [3.8, 4) is 11.5 Å². The van der Waals surface area contributed by atoms with Gasteiger partial charge in [0.25, 0.3) is 5.91 Å². The zero-order valence-corrected chi connectivity index (χ0v) is 18.6. The quantitative estimate of drug-likeness (QED) is 0.589. The van der Waals surface area contributed by atoms with Crippen molar-refractivity contribution in [2.24, 2.45) is 0 Å². The van der Waals surface area contributed by atoms with Gasteiger partial charge >= 0.3 is 0 Å². The second kappa shape index (κ2) is 8.84. The highest BCUT2D eigenvalue weighted by Gasteiger charge is 2.34. The summed E-state index contributed by atoms with van der Waals surface area (Å²) in [6, 6.07) is 13.7. The molecule has 1 unspecified atom stereocenters. The molecule has 1 aliphatic heterocycles. The second-order valence-electron chi connectivity index (χ2n) is 8.03. The summed E-state index contributed by atoms with van der Waals surface area (Å²) in [5.74, 6) is 2.61. The van der Waals surface area contributed by atoms with Crippen molar-refractivity contribution in [1.82, 2.24) is 14.5 Å². The third-order valence-corrected chi connectivity index (χ3v) is 6.06. The van der Waals surface area contributed by atoms with Crippen LogP contribution in [0.5, 0.6) is 11.5 Å². The molecule has 1 saturated heterocycles. The molecule has 31 heavy (non-hydrogen) atoms. The van der Waals surface area contributed by atoms with Gasteiger partial charge in [-0.1, -0.05) is 12.1 Å². The molecule has 162 valence electrons. The van der Waals surface area contributed by atoms with Gasteiger partial charge in [0.2, 0.25) is 0 Å². The minimum absolute atomic E-state index is 0.0269. The van der Waals surface area contributed by atoms with E-state index in [4.69, 9.17) is 14.5 Å². The highest BCUT2D eigenvalue weighted by atomic mass is 16.5. The molecule has 1 fully saturated rings. The van der Waals surface area contributed by atoms with E-state index < -0.39 is 0 Å². The van der Waals surface area contributed by atoms with Crippen LogP contribution in [-0.4, -0.2) is 41.1 Å². The van der Waals surface area contributed by atoms with Crippen molar-refractivity contribution in [3.63, 3.8) is 0 Å². The summed E-state index contributed by atoms with van der Waals surface area (Å²) in [6.07, 6.45) is 3.79. The number of imidazole rings is 1. The first-order valence-electron chi connectivity index (χ1n) is 10.6. The monoisotopic (exact) mass is 419 g/mol. The minimum atomic E-state index is -0.0269. The van der Waals surface area contributed by atoms with Gasteiger partial charge in [-0.25, -0.2) is 4.98 Å². The number of ether oxygens (including phenoxy) is 2. The van der Waals surface area contributed by atoms with Gasteiger partial charge in [-0.3, -0.25) is 4.79 Å². The Labute approximate surface area is 183 Å². The number of likely N-dealkylation sites (tertiary alicyclic amines) is 1. The van der Waals surface area contributed by atoms with Crippen LogP contribution < -0.4 is 9.47 Å². The molecule has 0 spiro atoms. The highest BCUT2D eigenvalue weighted by Crippen LogP contribution is 2.34. The van der Waals surface area contributed by atoms with E-state index in [1.54, 1.807) is 14.2 Å². The molecular formula is C25H29N3O3. The molecule has 2 heterocycles. The van der Waals surface area contributed by atoms with Crippen molar-refractivity contribution < 1.29 is 14.3 Å². The van der Waals surface area contributed by atoms with Crippen molar-refractivity contribution in [1.29, 1.82) is 0 Å². The first-order valence-corrected chi connectivity index (χ1v) is 10.6. The number of carbonyl (C=O) groups excluding carboxylic acids is 1. The summed E-state index contributed by atoms with van der Waals surface area (Å²) >= 11 is 0. The predicted molar refractivity (Wildman–Crippen MR) is 120 cm³/mol. The topological polar surface area (TPSA) is 56.6 Å². The summed E-state index contributed by atoms with van der Waals surface area (Å²) in [5, 5.41) is 0. The first-order chi connectivity index (χ1) is 15.0. The van der Waals surface area contributed by atoms with Gasteiger partial charge in [0.15, 0.2) is 0 Å². The third kappa shape index (κ3) is 4.15. The van der Waals surface area contributed by atoms with Gasteiger partial charge in [-0.05, 0) is 68.1 Å². The van der Waals surface area contributed by atoms with Crippen LogP contribution >= 0.6 is 0 Å². The van der Waals surface area contributed by atoms with Crippen LogP contribution in [0.3, 0.4) is 0 Å². The van der Waals surface area contributed by atoms with Crippen molar-refractivity contribution in [3.05, 3.63) is 76.9 Å². The zero-order chi connectivity index (χ0) is 22.0.